The fraction of sp³-hybridized carbons (Fsp3) is 0.500. The van der Waals surface area contributed by atoms with Crippen LogP contribution in [0.1, 0.15) is 62.0 Å². The largest absolute Gasteiger partial charge is 0.393 e. The molecule has 2 unspecified atom stereocenters. The van der Waals surface area contributed by atoms with Crippen LogP contribution in [0.15, 0.2) is 30.5 Å². The van der Waals surface area contributed by atoms with E-state index in [2.05, 4.69) is 25.0 Å². The maximum atomic E-state index is 9.92. The SMILES string of the molecule is CCCC(CC)c1ccc(C(O)CO)cc1-n1ccc(C)n1. The van der Waals surface area contributed by atoms with E-state index in [1.807, 2.05) is 36.0 Å². The van der Waals surface area contributed by atoms with Gasteiger partial charge in [0.1, 0.15) is 6.10 Å². The summed E-state index contributed by atoms with van der Waals surface area (Å²) in [6.45, 7) is 6.09. The molecule has 0 saturated carbocycles. The van der Waals surface area contributed by atoms with Gasteiger partial charge in [0.15, 0.2) is 0 Å². The Hall–Kier alpha value is -1.65. The molecule has 0 saturated heterocycles. The first-order chi connectivity index (χ1) is 10.6. The third-order valence-corrected chi connectivity index (χ3v) is 4.15. The maximum Gasteiger partial charge on any atom is 0.102 e. The summed E-state index contributed by atoms with van der Waals surface area (Å²) in [6, 6.07) is 7.90. The van der Waals surface area contributed by atoms with Crippen LogP contribution in [0, 0.1) is 6.92 Å². The molecule has 0 bridgehead atoms. The molecule has 1 aromatic carbocycles. The average Bonchev–Trinajstić information content (AvgIpc) is 2.97. The minimum atomic E-state index is -0.851. The fourth-order valence-electron chi connectivity index (χ4n) is 2.89. The van der Waals surface area contributed by atoms with E-state index in [1.54, 1.807) is 0 Å². The van der Waals surface area contributed by atoms with Gasteiger partial charge in [-0.1, -0.05) is 32.4 Å². The van der Waals surface area contributed by atoms with Crippen molar-refractivity contribution in [2.75, 3.05) is 6.61 Å². The number of nitrogens with zero attached hydrogens (tertiary/aromatic N) is 2. The van der Waals surface area contributed by atoms with Gasteiger partial charge in [0.25, 0.3) is 0 Å². The highest BCUT2D eigenvalue weighted by Gasteiger charge is 2.17. The highest BCUT2D eigenvalue weighted by molar-refractivity contribution is 5.46. The van der Waals surface area contributed by atoms with Crippen LogP contribution < -0.4 is 0 Å². The first-order valence-electron chi connectivity index (χ1n) is 8.06. The van der Waals surface area contributed by atoms with E-state index in [4.69, 9.17) is 0 Å². The Bertz CT molecular complexity index is 607. The number of aromatic nitrogens is 2. The van der Waals surface area contributed by atoms with E-state index in [0.717, 1.165) is 36.2 Å². The highest BCUT2D eigenvalue weighted by atomic mass is 16.3. The van der Waals surface area contributed by atoms with E-state index < -0.39 is 6.10 Å². The molecule has 22 heavy (non-hydrogen) atoms. The normalized spacial score (nSPS) is 14.0. The van der Waals surface area contributed by atoms with E-state index in [-0.39, 0.29) is 6.61 Å². The van der Waals surface area contributed by atoms with Crippen molar-refractivity contribution < 1.29 is 10.2 Å². The Balaban J connectivity index is 2.52. The third-order valence-electron chi connectivity index (χ3n) is 4.15. The summed E-state index contributed by atoms with van der Waals surface area (Å²) in [6.07, 6.45) is 4.43. The lowest BCUT2D eigenvalue weighted by Gasteiger charge is -2.20. The third kappa shape index (κ3) is 3.57. The second-order valence-corrected chi connectivity index (χ2v) is 5.81. The van der Waals surface area contributed by atoms with Gasteiger partial charge >= 0.3 is 0 Å². The first-order valence-corrected chi connectivity index (χ1v) is 8.06. The molecule has 4 heteroatoms. The van der Waals surface area contributed by atoms with Crippen molar-refractivity contribution >= 4 is 0 Å². The van der Waals surface area contributed by atoms with E-state index in [0.29, 0.717) is 5.92 Å². The zero-order chi connectivity index (χ0) is 16.1. The second kappa shape index (κ2) is 7.56. The Morgan fingerprint density at radius 3 is 2.55 bits per heavy atom. The van der Waals surface area contributed by atoms with E-state index in [9.17, 15) is 10.2 Å². The molecule has 0 aliphatic heterocycles. The van der Waals surface area contributed by atoms with Gasteiger partial charge in [-0.3, -0.25) is 0 Å². The molecular formula is C18H26N2O2. The van der Waals surface area contributed by atoms with Gasteiger partial charge in [0, 0.05) is 6.20 Å². The minimum absolute atomic E-state index is 0.275. The van der Waals surface area contributed by atoms with E-state index >= 15 is 0 Å². The summed E-state index contributed by atoms with van der Waals surface area (Å²) in [5, 5.41) is 23.6. The van der Waals surface area contributed by atoms with Crippen molar-refractivity contribution in [1.29, 1.82) is 0 Å². The zero-order valence-corrected chi connectivity index (χ0v) is 13.7. The standard InChI is InChI=1S/C18H26N2O2/c1-4-6-14(5-2)16-8-7-15(18(22)12-21)11-17(16)20-10-9-13(3)19-20/h7-11,14,18,21-22H,4-6,12H2,1-3H3. The van der Waals surface area contributed by atoms with Gasteiger partial charge in [0.05, 0.1) is 18.0 Å². The molecule has 0 amide bonds. The van der Waals surface area contributed by atoms with Crippen molar-refractivity contribution in [3.63, 3.8) is 0 Å². The maximum absolute atomic E-state index is 9.92. The predicted octanol–water partition coefficient (Wildman–Crippen LogP) is 3.50. The summed E-state index contributed by atoms with van der Waals surface area (Å²) in [7, 11) is 0. The van der Waals surface area contributed by atoms with Crippen LogP contribution in [-0.2, 0) is 0 Å². The molecule has 0 spiro atoms. The predicted molar refractivity (Wildman–Crippen MR) is 88.3 cm³/mol. The molecule has 2 N–H and O–H groups in total. The van der Waals surface area contributed by atoms with Crippen LogP contribution in [0.5, 0.6) is 0 Å². The molecule has 2 aromatic rings. The topological polar surface area (TPSA) is 58.3 Å². The van der Waals surface area contributed by atoms with Crippen LogP contribution in [-0.4, -0.2) is 26.6 Å². The lowest BCUT2D eigenvalue weighted by atomic mass is 9.89. The van der Waals surface area contributed by atoms with Gasteiger partial charge in [-0.2, -0.15) is 5.10 Å². The number of aliphatic hydroxyl groups is 2. The molecule has 1 heterocycles. The van der Waals surface area contributed by atoms with Gasteiger partial charge in [-0.15, -0.1) is 0 Å². The first kappa shape index (κ1) is 16.7. The number of hydrogen-bond donors (Lipinski definition) is 2. The number of aliphatic hydroxyl groups excluding tert-OH is 2. The molecule has 0 radical (unpaired) electrons. The van der Waals surface area contributed by atoms with Gasteiger partial charge in [-0.25, -0.2) is 4.68 Å². The Labute approximate surface area is 132 Å². The second-order valence-electron chi connectivity index (χ2n) is 5.81. The number of aryl methyl sites for hydroxylation is 1. The Morgan fingerprint density at radius 1 is 1.23 bits per heavy atom. The molecule has 0 aliphatic rings. The quantitative estimate of drug-likeness (QED) is 0.823. The smallest absolute Gasteiger partial charge is 0.102 e. The van der Waals surface area contributed by atoms with Crippen molar-refractivity contribution in [2.24, 2.45) is 0 Å². The zero-order valence-electron chi connectivity index (χ0n) is 13.7. The molecule has 1 aromatic heterocycles. The monoisotopic (exact) mass is 302 g/mol. The Morgan fingerprint density at radius 2 is 2.00 bits per heavy atom. The summed E-state index contributed by atoms with van der Waals surface area (Å²) in [4.78, 5) is 0. The van der Waals surface area contributed by atoms with Crippen LogP contribution in [0.25, 0.3) is 5.69 Å². The molecule has 2 rings (SSSR count). The van der Waals surface area contributed by atoms with Crippen LogP contribution in [0.2, 0.25) is 0 Å². The summed E-state index contributed by atoms with van der Waals surface area (Å²) >= 11 is 0. The highest BCUT2D eigenvalue weighted by Crippen LogP contribution is 2.31. The molecule has 4 nitrogen and oxygen atoms in total. The molecule has 0 fully saturated rings. The van der Waals surface area contributed by atoms with E-state index in [1.165, 1.54) is 5.56 Å². The van der Waals surface area contributed by atoms with Crippen molar-refractivity contribution in [3.8, 4) is 5.69 Å². The lowest BCUT2D eigenvalue weighted by Crippen LogP contribution is -2.09. The van der Waals surface area contributed by atoms with Gasteiger partial charge < -0.3 is 10.2 Å². The fourth-order valence-corrected chi connectivity index (χ4v) is 2.89. The van der Waals surface area contributed by atoms with Gasteiger partial charge in [0.2, 0.25) is 0 Å². The van der Waals surface area contributed by atoms with Crippen molar-refractivity contribution in [1.82, 2.24) is 9.78 Å². The van der Waals surface area contributed by atoms with Crippen molar-refractivity contribution in [2.45, 2.75) is 52.1 Å². The summed E-state index contributed by atoms with van der Waals surface area (Å²) in [5.41, 5.74) is 3.93. The number of benzene rings is 1. The molecule has 2 atom stereocenters. The summed E-state index contributed by atoms with van der Waals surface area (Å²) < 4.78 is 1.87. The van der Waals surface area contributed by atoms with Gasteiger partial charge in [-0.05, 0) is 48.9 Å². The molecule has 0 aliphatic carbocycles. The lowest BCUT2D eigenvalue weighted by molar-refractivity contribution is 0.0956. The number of hydrogen-bond acceptors (Lipinski definition) is 3. The molecule has 120 valence electrons. The average molecular weight is 302 g/mol. The van der Waals surface area contributed by atoms with Crippen LogP contribution in [0.4, 0.5) is 0 Å². The van der Waals surface area contributed by atoms with Crippen molar-refractivity contribution in [3.05, 3.63) is 47.3 Å². The Kier molecular flexibility index (Phi) is 5.75. The summed E-state index contributed by atoms with van der Waals surface area (Å²) in [5.74, 6) is 0.477. The molecular weight excluding hydrogens is 276 g/mol. The number of rotatable bonds is 7. The van der Waals surface area contributed by atoms with Crippen LogP contribution in [0.3, 0.4) is 0 Å². The minimum Gasteiger partial charge on any atom is -0.393 e. The van der Waals surface area contributed by atoms with Crippen LogP contribution >= 0.6 is 0 Å².